The normalized spacial score (nSPS) is 19.7. The molecule has 10 nitrogen and oxygen atoms in total. The first-order valence-electron chi connectivity index (χ1n) is 11.8. The molecule has 10 heteroatoms. The average molecular weight is 502 g/mol. The molecule has 0 spiro atoms. The first-order chi connectivity index (χ1) is 17.6. The molecule has 0 radical (unpaired) electrons. The largest absolute Gasteiger partial charge is 0.507 e. The number of allylic oxidation sites excluding steroid dienone is 1. The third-order valence-corrected chi connectivity index (χ3v) is 6.49. The van der Waals surface area contributed by atoms with Crippen molar-refractivity contribution in [1.82, 2.24) is 20.1 Å². The van der Waals surface area contributed by atoms with Crippen LogP contribution in [0.2, 0.25) is 0 Å². The third kappa shape index (κ3) is 5.18. The molecule has 2 unspecified atom stereocenters. The smallest absolute Gasteiger partial charge is 0.256 e. The Balaban J connectivity index is 1.48. The number of carbonyl (C=O) groups is 2. The molecule has 192 valence electrons. The number of aliphatic hydroxyl groups excluding tert-OH is 1. The number of nitrogens with one attached hydrogen (secondary N) is 1. The molecule has 4 rings (SSSR count). The molecule has 0 aliphatic carbocycles. The van der Waals surface area contributed by atoms with Crippen LogP contribution in [0.3, 0.4) is 0 Å². The van der Waals surface area contributed by atoms with Crippen LogP contribution in [0.5, 0.6) is 0 Å². The number of pyridine rings is 1. The maximum absolute atomic E-state index is 13.0. The number of nitrogens with zero attached hydrogens (tertiary/aromatic N) is 4. The van der Waals surface area contributed by atoms with Crippen molar-refractivity contribution in [3.05, 3.63) is 88.6 Å². The Kier molecular flexibility index (Phi) is 7.01. The molecule has 2 aliphatic rings. The summed E-state index contributed by atoms with van der Waals surface area (Å²) >= 11 is 0. The van der Waals surface area contributed by atoms with Gasteiger partial charge in [0.1, 0.15) is 11.6 Å². The lowest BCUT2D eigenvalue weighted by Crippen LogP contribution is -2.50. The molecule has 2 atom stereocenters. The molecular formula is C27H31N7O3. The summed E-state index contributed by atoms with van der Waals surface area (Å²) in [5.41, 5.74) is 15.3. The zero-order valence-electron chi connectivity index (χ0n) is 21.3. The molecule has 1 aromatic heterocycles. The first-order valence-corrected chi connectivity index (χ1v) is 11.8. The van der Waals surface area contributed by atoms with Gasteiger partial charge in [-0.15, -0.1) is 0 Å². The van der Waals surface area contributed by atoms with E-state index < -0.39 is 18.0 Å². The minimum absolute atomic E-state index is 0.0704. The number of amides is 2. The molecule has 0 fully saturated rings. The summed E-state index contributed by atoms with van der Waals surface area (Å²) in [5.74, 6) is -0.272. The number of amidine groups is 1. The number of carbonyl (C=O) groups excluding carboxylic acids is 2. The zero-order chi connectivity index (χ0) is 26.9. The summed E-state index contributed by atoms with van der Waals surface area (Å²) in [5, 5.41) is 13.9. The molecule has 0 bridgehead atoms. The summed E-state index contributed by atoms with van der Waals surface area (Å²) in [4.78, 5) is 37.4. The highest BCUT2D eigenvalue weighted by molar-refractivity contribution is 5.99. The van der Waals surface area contributed by atoms with Crippen LogP contribution in [0.15, 0.2) is 82.5 Å². The molecule has 0 saturated carbocycles. The van der Waals surface area contributed by atoms with E-state index in [4.69, 9.17) is 16.5 Å². The summed E-state index contributed by atoms with van der Waals surface area (Å²) < 4.78 is 0. The zero-order valence-corrected chi connectivity index (χ0v) is 21.3. The molecule has 2 aliphatic heterocycles. The number of benzene rings is 1. The number of aliphatic imine (C=N–C) groups is 1. The molecule has 2 aromatic rings. The Labute approximate surface area is 215 Å². The number of rotatable bonds is 6. The van der Waals surface area contributed by atoms with Crippen molar-refractivity contribution >= 4 is 17.6 Å². The molecule has 6 N–H and O–H groups in total. The van der Waals surface area contributed by atoms with E-state index in [1.807, 2.05) is 49.0 Å². The lowest BCUT2D eigenvalue weighted by atomic mass is 9.93. The van der Waals surface area contributed by atoms with Gasteiger partial charge in [0, 0.05) is 55.4 Å². The second-order valence-electron chi connectivity index (χ2n) is 9.23. The van der Waals surface area contributed by atoms with E-state index in [-0.39, 0.29) is 23.9 Å². The average Bonchev–Trinajstić information content (AvgIpc) is 2.87. The van der Waals surface area contributed by atoms with Crippen LogP contribution in [0.1, 0.15) is 29.8 Å². The van der Waals surface area contributed by atoms with Crippen molar-refractivity contribution in [2.24, 2.45) is 16.5 Å². The van der Waals surface area contributed by atoms with Gasteiger partial charge in [0.05, 0.1) is 17.3 Å². The highest BCUT2D eigenvalue weighted by Gasteiger charge is 2.38. The van der Waals surface area contributed by atoms with Crippen molar-refractivity contribution in [2.45, 2.75) is 32.6 Å². The van der Waals surface area contributed by atoms with Gasteiger partial charge in [0.15, 0.2) is 6.17 Å². The number of nitrogens with two attached hydrogens (primary N) is 2. The molecule has 1 aromatic carbocycles. The summed E-state index contributed by atoms with van der Waals surface area (Å²) in [6.07, 6.45) is 4.61. The number of aliphatic hydroxyl groups is 1. The van der Waals surface area contributed by atoms with E-state index in [1.165, 1.54) is 0 Å². The molecule has 2 amide bonds. The molecule has 3 heterocycles. The highest BCUT2D eigenvalue weighted by atomic mass is 16.3. The fourth-order valence-corrected chi connectivity index (χ4v) is 4.35. The number of aromatic nitrogens is 1. The minimum atomic E-state index is -0.502. The summed E-state index contributed by atoms with van der Waals surface area (Å²) in [6.45, 7) is 3.97. The third-order valence-electron chi connectivity index (χ3n) is 6.49. The first kappa shape index (κ1) is 25.5. The van der Waals surface area contributed by atoms with Crippen LogP contribution in [0, 0.1) is 0 Å². The van der Waals surface area contributed by atoms with Gasteiger partial charge < -0.3 is 31.7 Å². The van der Waals surface area contributed by atoms with Crippen LogP contribution in [0.25, 0.3) is 11.3 Å². The summed E-state index contributed by atoms with van der Waals surface area (Å²) in [6, 6.07) is 10.4. The summed E-state index contributed by atoms with van der Waals surface area (Å²) in [7, 11) is 3.69. The number of hydrogen-bond acceptors (Lipinski definition) is 8. The maximum atomic E-state index is 13.0. The van der Waals surface area contributed by atoms with Gasteiger partial charge in [-0.05, 0) is 43.7 Å². The second kappa shape index (κ2) is 10.2. The predicted molar refractivity (Wildman–Crippen MR) is 142 cm³/mol. The fourth-order valence-electron chi connectivity index (χ4n) is 4.35. The number of hydrogen-bond donors (Lipinski definition) is 4. The van der Waals surface area contributed by atoms with Crippen molar-refractivity contribution in [3.8, 4) is 11.3 Å². The van der Waals surface area contributed by atoms with Gasteiger partial charge in [0.2, 0.25) is 5.91 Å². The minimum Gasteiger partial charge on any atom is -0.507 e. The number of fused-ring (bicyclic) bond motifs is 1. The lowest BCUT2D eigenvalue weighted by Gasteiger charge is -2.42. The molecular weight excluding hydrogens is 470 g/mol. The SMILES string of the molecule is C/C(N)=C/C1=NC2C(=C(O)C(C(=O)NCc3ccc(-c4cccc(C(N)=O)c4)nc3)=CN2C)C(C)N1C. The van der Waals surface area contributed by atoms with Crippen LogP contribution in [-0.4, -0.2) is 63.8 Å². The monoisotopic (exact) mass is 501 g/mol. The van der Waals surface area contributed by atoms with Gasteiger partial charge in [-0.25, -0.2) is 4.99 Å². The second-order valence-corrected chi connectivity index (χ2v) is 9.23. The van der Waals surface area contributed by atoms with Gasteiger partial charge in [-0.1, -0.05) is 18.2 Å². The van der Waals surface area contributed by atoms with Crippen LogP contribution in [-0.2, 0) is 11.3 Å². The van der Waals surface area contributed by atoms with Gasteiger partial charge >= 0.3 is 0 Å². The van der Waals surface area contributed by atoms with E-state index >= 15 is 0 Å². The van der Waals surface area contributed by atoms with E-state index in [0.29, 0.717) is 28.4 Å². The Morgan fingerprint density at radius 1 is 1.19 bits per heavy atom. The lowest BCUT2D eigenvalue weighted by molar-refractivity contribution is -0.117. The maximum Gasteiger partial charge on any atom is 0.256 e. The van der Waals surface area contributed by atoms with Gasteiger partial charge in [0.25, 0.3) is 5.91 Å². The van der Waals surface area contributed by atoms with Gasteiger partial charge in [-0.3, -0.25) is 14.6 Å². The fraction of sp³-hybridized carbons (Fsp3) is 0.259. The van der Waals surface area contributed by atoms with Crippen molar-refractivity contribution in [3.63, 3.8) is 0 Å². The number of likely N-dealkylation sites (N-methyl/N-ethyl adjacent to an activating group) is 2. The van der Waals surface area contributed by atoms with Crippen LogP contribution < -0.4 is 16.8 Å². The van der Waals surface area contributed by atoms with Crippen molar-refractivity contribution in [1.29, 1.82) is 0 Å². The van der Waals surface area contributed by atoms with Crippen LogP contribution >= 0.6 is 0 Å². The Hall–Kier alpha value is -4.60. The Morgan fingerprint density at radius 2 is 1.95 bits per heavy atom. The molecule has 0 saturated heterocycles. The predicted octanol–water partition coefficient (Wildman–Crippen LogP) is 2.03. The van der Waals surface area contributed by atoms with E-state index in [1.54, 1.807) is 43.6 Å². The van der Waals surface area contributed by atoms with Crippen molar-refractivity contribution in [2.75, 3.05) is 14.1 Å². The number of primary amides is 1. The Morgan fingerprint density at radius 3 is 2.59 bits per heavy atom. The Bertz CT molecular complexity index is 1350. The van der Waals surface area contributed by atoms with E-state index in [0.717, 1.165) is 11.1 Å². The van der Waals surface area contributed by atoms with Crippen molar-refractivity contribution < 1.29 is 14.7 Å². The van der Waals surface area contributed by atoms with E-state index in [2.05, 4.69) is 10.3 Å². The standard InChI is InChI=1S/C27H31N7O3/c1-15(28)10-22-32-26-23(16(2)34(22)4)24(35)20(14-33(26)3)27(37)31-13-17-8-9-21(30-12-17)18-6-5-7-19(11-18)25(29)36/h5-12,14,16,26,35H,13,28H2,1-4H3,(H2,29,36)(H,31,37)/b15-10-. The topological polar surface area (TPSA) is 150 Å². The van der Waals surface area contributed by atoms with E-state index in [9.17, 15) is 14.7 Å². The molecule has 37 heavy (non-hydrogen) atoms. The van der Waals surface area contributed by atoms with Gasteiger partial charge in [-0.2, -0.15) is 0 Å². The highest BCUT2D eigenvalue weighted by Crippen LogP contribution is 2.33. The quantitative estimate of drug-likeness (QED) is 0.473. The van der Waals surface area contributed by atoms with Crippen LogP contribution in [0.4, 0.5) is 0 Å².